The van der Waals surface area contributed by atoms with Crippen LogP contribution in [0, 0.1) is 13.8 Å². The van der Waals surface area contributed by atoms with E-state index in [1.54, 1.807) is 0 Å². The molecule has 0 amide bonds. The summed E-state index contributed by atoms with van der Waals surface area (Å²) in [4.78, 5) is 8.08. The Morgan fingerprint density at radius 1 is 1.42 bits per heavy atom. The van der Waals surface area contributed by atoms with Gasteiger partial charge in [0, 0.05) is 17.8 Å². The molecule has 0 bridgehead atoms. The van der Waals surface area contributed by atoms with Gasteiger partial charge in [0.15, 0.2) is 0 Å². The Hall–Kier alpha value is -1.16. The minimum atomic E-state index is 0.114. The first kappa shape index (κ1) is 8.93. The minimum absolute atomic E-state index is 0.114. The Morgan fingerprint density at radius 2 is 2.17 bits per heavy atom. The van der Waals surface area contributed by atoms with Gasteiger partial charge in [-0.2, -0.15) is 0 Å². The Bertz CT molecular complexity index is 262. The SMILES string of the molecule is Cc1ncnc(NCCO)c1C. The number of aryl methyl sites for hydroxylation is 1. The van der Waals surface area contributed by atoms with Crippen LogP contribution in [-0.4, -0.2) is 28.2 Å². The van der Waals surface area contributed by atoms with Gasteiger partial charge in [0.1, 0.15) is 12.1 Å². The van der Waals surface area contributed by atoms with Crippen LogP contribution in [0.15, 0.2) is 6.33 Å². The Labute approximate surface area is 71.7 Å². The monoisotopic (exact) mass is 167 g/mol. The van der Waals surface area contributed by atoms with Gasteiger partial charge in [-0.3, -0.25) is 0 Å². The quantitative estimate of drug-likeness (QED) is 0.688. The Balaban J connectivity index is 2.78. The maximum atomic E-state index is 8.58. The first-order valence-corrected chi connectivity index (χ1v) is 3.88. The molecule has 4 nitrogen and oxygen atoms in total. The van der Waals surface area contributed by atoms with E-state index in [2.05, 4.69) is 15.3 Å². The molecule has 4 heteroatoms. The number of anilines is 1. The first-order chi connectivity index (χ1) is 5.75. The molecule has 1 heterocycles. The fourth-order valence-corrected chi connectivity index (χ4v) is 0.891. The van der Waals surface area contributed by atoms with Gasteiger partial charge in [0.05, 0.1) is 6.61 Å². The second-order valence-electron chi connectivity index (χ2n) is 2.58. The number of rotatable bonds is 3. The predicted octanol–water partition coefficient (Wildman–Crippen LogP) is 0.498. The fourth-order valence-electron chi connectivity index (χ4n) is 0.891. The van der Waals surface area contributed by atoms with Gasteiger partial charge in [-0.1, -0.05) is 0 Å². The number of hydrogen-bond donors (Lipinski definition) is 2. The third-order valence-corrected chi connectivity index (χ3v) is 1.74. The van der Waals surface area contributed by atoms with Crippen molar-refractivity contribution in [2.45, 2.75) is 13.8 Å². The van der Waals surface area contributed by atoms with Crippen molar-refractivity contribution in [3.63, 3.8) is 0 Å². The van der Waals surface area contributed by atoms with E-state index in [0.29, 0.717) is 6.54 Å². The summed E-state index contributed by atoms with van der Waals surface area (Å²) in [7, 11) is 0. The molecular formula is C8H13N3O. The predicted molar refractivity (Wildman–Crippen MR) is 47.1 cm³/mol. The van der Waals surface area contributed by atoms with Crippen LogP contribution in [-0.2, 0) is 0 Å². The molecule has 0 unspecified atom stereocenters. The highest BCUT2D eigenvalue weighted by Gasteiger charge is 2.00. The van der Waals surface area contributed by atoms with E-state index in [1.807, 2.05) is 13.8 Å². The molecule has 0 saturated carbocycles. The number of aromatic nitrogens is 2. The summed E-state index contributed by atoms with van der Waals surface area (Å²) in [6.07, 6.45) is 1.52. The number of nitrogens with zero attached hydrogens (tertiary/aromatic N) is 2. The van der Waals surface area contributed by atoms with Gasteiger partial charge in [0.25, 0.3) is 0 Å². The first-order valence-electron chi connectivity index (χ1n) is 3.88. The van der Waals surface area contributed by atoms with Crippen molar-refractivity contribution in [3.05, 3.63) is 17.6 Å². The highest BCUT2D eigenvalue weighted by atomic mass is 16.3. The fraction of sp³-hybridized carbons (Fsp3) is 0.500. The van der Waals surface area contributed by atoms with Crippen LogP contribution >= 0.6 is 0 Å². The van der Waals surface area contributed by atoms with Crippen LogP contribution < -0.4 is 5.32 Å². The normalized spacial score (nSPS) is 9.92. The number of nitrogens with one attached hydrogen (secondary N) is 1. The average Bonchev–Trinajstić information content (AvgIpc) is 2.08. The smallest absolute Gasteiger partial charge is 0.132 e. The Morgan fingerprint density at radius 3 is 2.83 bits per heavy atom. The topological polar surface area (TPSA) is 58.0 Å². The van der Waals surface area contributed by atoms with Gasteiger partial charge < -0.3 is 10.4 Å². The molecule has 0 aliphatic carbocycles. The van der Waals surface area contributed by atoms with E-state index in [-0.39, 0.29) is 6.61 Å². The van der Waals surface area contributed by atoms with Crippen molar-refractivity contribution >= 4 is 5.82 Å². The molecule has 0 aromatic carbocycles. The summed E-state index contributed by atoms with van der Waals surface area (Å²) in [6, 6.07) is 0. The molecule has 0 aliphatic rings. The zero-order valence-electron chi connectivity index (χ0n) is 7.33. The summed E-state index contributed by atoms with van der Waals surface area (Å²) >= 11 is 0. The van der Waals surface area contributed by atoms with Crippen molar-refractivity contribution in [1.82, 2.24) is 9.97 Å². The van der Waals surface area contributed by atoms with Crippen LogP contribution in [0.2, 0.25) is 0 Å². The van der Waals surface area contributed by atoms with E-state index in [0.717, 1.165) is 17.1 Å². The minimum Gasteiger partial charge on any atom is -0.395 e. The van der Waals surface area contributed by atoms with Gasteiger partial charge >= 0.3 is 0 Å². The molecule has 1 rings (SSSR count). The molecule has 0 saturated heterocycles. The molecule has 1 aromatic heterocycles. The van der Waals surface area contributed by atoms with Crippen molar-refractivity contribution < 1.29 is 5.11 Å². The highest BCUT2D eigenvalue weighted by Crippen LogP contribution is 2.11. The lowest BCUT2D eigenvalue weighted by molar-refractivity contribution is 0.311. The number of aliphatic hydroxyl groups excluding tert-OH is 1. The van der Waals surface area contributed by atoms with Crippen molar-refractivity contribution in [2.24, 2.45) is 0 Å². The van der Waals surface area contributed by atoms with E-state index in [9.17, 15) is 0 Å². The molecule has 12 heavy (non-hydrogen) atoms. The lowest BCUT2D eigenvalue weighted by atomic mass is 10.2. The largest absolute Gasteiger partial charge is 0.395 e. The summed E-state index contributed by atoms with van der Waals surface area (Å²) in [6.45, 7) is 4.52. The lowest BCUT2D eigenvalue weighted by Crippen LogP contribution is -2.09. The molecule has 2 N–H and O–H groups in total. The summed E-state index contributed by atoms with van der Waals surface area (Å²) in [5.74, 6) is 0.802. The third kappa shape index (κ3) is 1.92. The van der Waals surface area contributed by atoms with Gasteiger partial charge in [-0.15, -0.1) is 0 Å². The highest BCUT2D eigenvalue weighted by molar-refractivity contribution is 5.44. The van der Waals surface area contributed by atoms with Crippen LogP contribution in [0.25, 0.3) is 0 Å². The third-order valence-electron chi connectivity index (χ3n) is 1.74. The Kier molecular flexibility index (Phi) is 2.99. The van der Waals surface area contributed by atoms with Crippen LogP contribution in [0.5, 0.6) is 0 Å². The molecule has 0 fully saturated rings. The molecule has 66 valence electrons. The van der Waals surface area contributed by atoms with E-state index < -0.39 is 0 Å². The van der Waals surface area contributed by atoms with Crippen LogP contribution in [0.1, 0.15) is 11.3 Å². The summed E-state index contributed by atoms with van der Waals surface area (Å²) in [5.41, 5.74) is 2.00. The van der Waals surface area contributed by atoms with Crippen molar-refractivity contribution in [2.75, 3.05) is 18.5 Å². The van der Waals surface area contributed by atoms with Crippen molar-refractivity contribution in [1.29, 1.82) is 0 Å². The molecule has 0 spiro atoms. The lowest BCUT2D eigenvalue weighted by Gasteiger charge is -2.07. The molecule has 1 aromatic rings. The van der Waals surface area contributed by atoms with Crippen LogP contribution in [0.3, 0.4) is 0 Å². The molecular weight excluding hydrogens is 154 g/mol. The van der Waals surface area contributed by atoms with E-state index in [4.69, 9.17) is 5.11 Å². The van der Waals surface area contributed by atoms with Crippen molar-refractivity contribution in [3.8, 4) is 0 Å². The molecule has 0 atom stereocenters. The second-order valence-corrected chi connectivity index (χ2v) is 2.58. The average molecular weight is 167 g/mol. The zero-order chi connectivity index (χ0) is 8.97. The van der Waals surface area contributed by atoms with Gasteiger partial charge in [0.2, 0.25) is 0 Å². The maximum Gasteiger partial charge on any atom is 0.132 e. The maximum absolute atomic E-state index is 8.58. The van der Waals surface area contributed by atoms with Gasteiger partial charge in [-0.25, -0.2) is 9.97 Å². The molecule has 0 aliphatic heterocycles. The molecule has 0 radical (unpaired) electrons. The zero-order valence-corrected chi connectivity index (χ0v) is 7.33. The summed E-state index contributed by atoms with van der Waals surface area (Å²) < 4.78 is 0. The van der Waals surface area contributed by atoms with Crippen LogP contribution in [0.4, 0.5) is 5.82 Å². The number of aliphatic hydroxyl groups is 1. The van der Waals surface area contributed by atoms with E-state index >= 15 is 0 Å². The summed E-state index contributed by atoms with van der Waals surface area (Å²) in [5, 5.41) is 11.6. The standard InChI is InChI=1S/C8H13N3O/c1-6-7(2)10-5-11-8(6)9-3-4-12/h5,12H,3-4H2,1-2H3,(H,9,10,11). The second kappa shape index (κ2) is 4.01. The van der Waals surface area contributed by atoms with Gasteiger partial charge in [-0.05, 0) is 13.8 Å². The van der Waals surface area contributed by atoms with E-state index in [1.165, 1.54) is 6.33 Å². The number of hydrogen-bond acceptors (Lipinski definition) is 4.